The Labute approximate surface area is 136 Å². The van der Waals surface area contributed by atoms with Crippen LogP contribution in [0.1, 0.15) is 47.7 Å². The summed E-state index contributed by atoms with van der Waals surface area (Å²) in [6, 6.07) is 9.95. The van der Waals surface area contributed by atoms with Crippen molar-refractivity contribution in [1.29, 1.82) is 0 Å². The van der Waals surface area contributed by atoms with E-state index in [1.165, 1.54) is 12.8 Å². The minimum absolute atomic E-state index is 0.0704. The minimum Gasteiger partial charge on any atom is -0.376 e. The molecule has 4 nitrogen and oxygen atoms in total. The number of hydrogen-bond donors (Lipinski definition) is 0. The van der Waals surface area contributed by atoms with E-state index in [1.807, 2.05) is 37.4 Å². The van der Waals surface area contributed by atoms with Crippen LogP contribution < -0.4 is 0 Å². The predicted octanol–water partition coefficient (Wildman–Crippen LogP) is 3.36. The Morgan fingerprint density at radius 2 is 2.13 bits per heavy atom. The summed E-state index contributed by atoms with van der Waals surface area (Å²) in [5.41, 5.74) is 2.77. The molecular weight excluding hydrogens is 288 g/mol. The third-order valence-electron chi connectivity index (χ3n) is 4.81. The summed E-state index contributed by atoms with van der Waals surface area (Å²) in [5, 5.41) is 0.945. The molecule has 2 aromatic rings. The van der Waals surface area contributed by atoms with Crippen LogP contribution in [-0.4, -0.2) is 42.1 Å². The van der Waals surface area contributed by atoms with Crippen LogP contribution >= 0.6 is 0 Å². The maximum Gasteiger partial charge on any atom is 0.254 e. The zero-order valence-corrected chi connectivity index (χ0v) is 13.5. The van der Waals surface area contributed by atoms with E-state index >= 15 is 0 Å². The Balaban J connectivity index is 1.66. The van der Waals surface area contributed by atoms with Gasteiger partial charge in [0.2, 0.25) is 0 Å². The fourth-order valence-corrected chi connectivity index (χ4v) is 3.34. The summed E-state index contributed by atoms with van der Waals surface area (Å²) < 4.78 is 5.66. The van der Waals surface area contributed by atoms with Crippen molar-refractivity contribution >= 4 is 16.8 Å². The van der Waals surface area contributed by atoms with Crippen LogP contribution in [0.2, 0.25) is 0 Å². The highest BCUT2D eigenvalue weighted by molar-refractivity contribution is 6.06. The van der Waals surface area contributed by atoms with Crippen LogP contribution in [0.3, 0.4) is 0 Å². The molecule has 4 heteroatoms. The lowest BCUT2D eigenvalue weighted by Crippen LogP contribution is -2.34. The molecular formula is C19H22N2O2. The number of hydrogen-bond acceptors (Lipinski definition) is 3. The second kappa shape index (κ2) is 5.93. The predicted molar refractivity (Wildman–Crippen MR) is 89.7 cm³/mol. The number of carbonyl (C=O) groups is 1. The lowest BCUT2D eigenvalue weighted by atomic mass is 10.0. The summed E-state index contributed by atoms with van der Waals surface area (Å²) >= 11 is 0. The molecule has 0 radical (unpaired) electrons. The number of likely N-dealkylation sites (N-methyl/N-ethyl adjacent to an activating group) is 1. The van der Waals surface area contributed by atoms with E-state index in [0.29, 0.717) is 12.5 Å². The smallest absolute Gasteiger partial charge is 0.254 e. The molecule has 1 amide bonds. The second-order valence-electron chi connectivity index (χ2n) is 6.71. The average molecular weight is 310 g/mol. The summed E-state index contributed by atoms with van der Waals surface area (Å²) in [7, 11) is 1.87. The molecule has 0 N–H and O–H groups in total. The number of amides is 1. The van der Waals surface area contributed by atoms with E-state index in [2.05, 4.69) is 0 Å². The zero-order valence-electron chi connectivity index (χ0n) is 13.5. The highest BCUT2D eigenvalue weighted by atomic mass is 16.5. The number of carbonyl (C=O) groups excluding carboxylic acids is 1. The molecule has 1 aromatic heterocycles. The molecule has 0 spiro atoms. The van der Waals surface area contributed by atoms with Gasteiger partial charge in [-0.1, -0.05) is 18.2 Å². The SMILES string of the molecule is CN(C[C@@H]1CCCO1)C(=O)c1cc(C2CC2)nc2ccccc12. The van der Waals surface area contributed by atoms with E-state index < -0.39 is 0 Å². The van der Waals surface area contributed by atoms with Gasteiger partial charge in [0, 0.05) is 37.2 Å². The Morgan fingerprint density at radius 1 is 1.30 bits per heavy atom. The first-order valence-electron chi connectivity index (χ1n) is 8.49. The van der Waals surface area contributed by atoms with Gasteiger partial charge in [0.1, 0.15) is 0 Å². The van der Waals surface area contributed by atoms with Gasteiger partial charge in [-0.3, -0.25) is 9.78 Å². The summed E-state index contributed by atoms with van der Waals surface area (Å²) in [6.45, 7) is 1.48. The van der Waals surface area contributed by atoms with E-state index in [1.54, 1.807) is 4.90 Å². The maximum atomic E-state index is 13.0. The van der Waals surface area contributed by atoms with Gasteiger partial charge in [0.25, 0.3) is 5.91 Å². The molecule has 2 heterocycles. The first-order valence-corrected chi connectivity index (χ1v) is 8.49. The monoisotopic (exact) mass is 310 g/mol. The molecule has 1 atom stereocenters. The van der Waals surface area contributed by atoms with Crippen LogP contribution in [0.15, 0.2) is 30.3 Å². The fraction of sp³-hybridized carbons (Fsp3) is 0.474. The lowest BCUT2D eigenvalue weighted by molar-refractivity contribution is 0.0588. The number of benzene rings is 1. The van der Waals surface area contributed by atoms with E-state index in [0.717, 1.165) is 41.6 Å². The Morgan fingerprint density at radius 3 is 2.87 bits per heavy atom. The average Bonchev–Trinajstić information content (AvgIpc) is 3.31. The van der Waals surface area contributed by atoms with Gasteiger partial charge in [0.15, 0.2) is 0 Å². The van der Waals surface area contributed by atoms with Gasteiger partial charge in [-0.05, 0) is 37.8 Å². The quantitative estimate of drug-likeness (QED) is 0.869. The standard InChI is InChI=1S/C19H22N2O2/c1-21(12-14-5-4-10-23-14)19(22)16-11-18(13-8-9-13)20-17-7-3-2-6-15(16)17/h2-3,6-7,11,13-14H,4-5,8-10,12H2,1H3/t14-/m0/s1. The number of aromatic nitrogens is 1. The van der Waals surface area contributed by atoms with Crippen LogP contribution in [-0.2, 0) is 4.74 Å². The molecule has 23 heavy (non-hydrogen) atoms. The number of fused-ring (bicyclic) bond motifs is 1. The topological polar surface area (TPSA) is 42.4 Å². The third kappa shape index (κ3) is 2.95. The first kappa shape index (κ1) is 14.6. The Hall–Kier alpha value is -1.94. The Kier molecular flexibility index (Phi) is 3.77. The van der Waals surface area contributed by atoms with Crippen molar-refractivity contribution in [3.8, 4) is 0 Å². The molecule has 120 valence electrons. The van der Waals surface area contributed by atoms with Crippen molar-refractivity contribution in [2.24, 2.45) is 0 Å². The highest BCUT2D eigenvalue weighted by Crippen LogP contribution is 2.40. The van der Waals surface area contributed by atoms with Crippen LogP contribution in [0.4, 0.5) is 0 Å². The van der Waals surface area contributed by atoms with Crippen molar-refractivity contribution in [1.82, 2.24) is 9.88 Å². The second-order valence-corrected chi connectivity index (χ2v) is 6.71. The number of nitrogens with zero attached hydrogens (tertiary/aromatic N) is 2. The molecule has 2 aliphatic rings. The number of rotatable bonds is 4. The van der Waals surface area contributed by atoms with E-state index in [9.17, 15) is 4.79 Å². The number of ether oxygens (including phenoxy) is 1. The van der Waals surface area contributed by atoms with Gasteiger partial charge in [-0.15, -0.1) is 0 Å². The molecule has 1 aliphatic heterocycles. The van der Waals surface area contributed by atoms with E-state index in [-0.39, 0.29) is 12.0 Å². The summed E-state index contributed by atoms with van der Waals surface area (Å²) in [6.07, 6.45) is 4.69. The maximum absolute atomic E-state index is 13.0. The number of para-hydroxylation sites is 1. The summed E-state index contributed by atoms with van der Waals surface area (Å²) in [4.78, 5) is 19.5. The minimum atomic E-state index is 0.0704. The summed E-state index contributed by atoms with van der Waals surface area (Å²) in [5.74, 6) is 0.607. The van der Waals surface area contributed by atoms with Crippen molar-refractivity contribution in [2.75, 3.05) is 20.2 Å². The normalized spacial score (nSPS) is 20.8. The van der Waals surface area contributed by atoms with Gasteiger partial charge in [-0.2, -0.15) is 0 Å². The van der Waals surface area contributed by atoms with Crippen LogP contribution in [0.25, 0.3) is 10.9 Å². The van der Waals surface area contributed by atoms with E-state index in [4.69, 9.17) is 9.72 Å². The largest absolute Gasteiger partial charge is 0.376 e. The molecule has 4 rings (SSSR count). The van der Waals surface area contributed by atoms with Crippen LogP contribution in [0.5, 0.6) is 0 Å². The number of pyridine rings is 1. The van der Waals surface area contributed by atoms with Crippen molar-refractivity contribution in [3.63, 3.8) is 0 Å². The van der Waals surface area contributed by atoms with Gasteiger partial charge in [0.05, 0.1) is 17.2 Å². The first-order chi connectivity index (χ1) is 11.2. The highest BCUT2D eigenvalue weighted by Gasteiger charge is 2.28. The molecule has 0 bridgehead atoms. The molecule has 1 aromatic carbocycles. The lowest BCUT2D eigenvalue weighted by Gasteiger charge is -2.22. The van der Waals surface area contributed by atoms with Crippen LogP contribution in [0, 0.1) is 0 Å². The van der Waals surface area contributed by atoms with Crippen molar-refractivity contribution in [3.05, 3.63) is 41.6 Å². The molecule has 1 saturated carbocycles. The molecule has 0 unspecified atom stereocenters. The Bertz CT molecular complexity index is 733. The van der Waals surface area contributed by atoms with Crippen molar-refractivity contribution in [2.45, 2.75) is 37.7 Å². The van der Waals surface area contributed by atoms with Gasteiger partial charge in [-0.25, -0.2) is 0 Å². The molecule has 2 fully saturated rings. The van der Waals surface area contributed by atoms with Gasteiger partial charge < -0.3 is 9.64 Å². The van der Waals surface area contributed by atoms with Gasteiger partial charge >= 0.3 is 0 Å². The third-order valence-corrected chi connectivity index (χ3v) is 4.81. The molecule has 1 aliphatic carbocycles. The molecule has 1 saturated heterocycles. The fourth-order valence-electron chi connectivity index (χ4n) is 3.34. The zero-order chi connectivity index (χ0) is 15.8. The van der Waals surface area contributed by atoms with Crippen molar-refractivity contribution < 1.29 is 9.53 Å².